The van der Waals surface area contributed by atoms with Gasteiger partial charge in [0.1, 0.15) is 0 Å². The summed E-state index contributed by atoms with van der Waals surface area (Å²) in [5.41, 5.74) is 0. The number of nitrogens with one attached hydrogen (secondary N) is 1. The second-order valence-corrected chi connectivity index (χ2v) is 5.50. The van der Waals surface area contributed by atoms with Crippen molar-refractivity contribution in [1.29, 1.82) is 0 Å². The largest absolute Gasteiger partial charge is 0.287 e. The molecule has 0 spiro atoms. The minimum Gasteiger partial charge on any atom is -0.287 e. The molecule has 84 valence electrons. The Hall–Kier alpha value is -0.140. The summed E-state index contributed by atoms with van der Waals surface area (Å²) in [4.78, 5) is 6.71. The van der Waals surface area contributed by atoms with Crippen molar-refractivity contribution in [2.45, 2.75) is 11.8 Å². The minimum absolute atomic E-state index is 0.0900. The van der Waals surface area contributed by atoms with Crippen molar-refractivity contribution in [2.24, 2.45) is 0 Å². The van der Waals surface area contributed by atoms with Gasteiger partial charge in [-0.05, 0) is 41.1 Å². The smallest absolute Gasteiger partial charge is 0.262 e. The number of hydrogen-bond donors (Lipinski definition) is 1. The van der Waals surface area contributed by atoms with E-state index in [2.05, 4.69) is 20.8 Å². The average molecular weight is 315 g/mol. The van der Waals surface area contributed by atoms with E-state index < -0.39 is 10.0 Å². The van der Waals surface area contributed by atoms with Crippen LogP contribution in [0.4, 0.5) is 0 Å². The minimum atomic E-state index is -3.62. The summed E-state index contributed by atoms with van der Waals surface area (Å²) in [6.45, 7) is 1.94. The monoisotopic (exact) mass is 313 g/mol. The first-order valence-electron chi connectivity index (χ1n) is 4.06. The maximum atomic E-state index is 11.6. The number of benzene rings is 1. The predicted octanol–water partition coefficient (Wildman–Crippen LogP) is 2.33. The fraction of sp³-hybridized carbons (Fsp3) is 0.250. The third-order valence-corrected chi connectivity index (χ3v) is 3.94. The molecule has 0 amide bonds. The van der Waals surface area contributed by atoms with Gasteiger partial charge in [-0.2, -0.15) is 0 Å². The Morgan fingerprint density at radius 2 is 2.20 bits per heavy atom. The van der Waals surface area contributed by atoms with Crippen molar-refractivity contribution in [1.82, 2.24) is 4.89 Å². The Balaban J connectivity index is 3.00. The number of hydrogen-bond acceptors (Lipinski definition) is 3. The Labute approximate surface area is 102 Å². The van der Waals surface area contributed by atoms with E-state index >= 15 is 0 Å². The van der Waals surface area contributed by atoms with Crippen molar-refractivity contribution < 1.29 is 13.3 Å². The van der Waals surface area contributed by atoms with Crippen LogP contribution in [0, 0.1) is 0 Å². The van der Waals surface area contributed by atoms with Gasteiger partial charge in [0.25, 0.3) is 10.0 Å². The highest BCUT2D eigenvalue weighted by Crippen LogP contribution is 2.25. The third kappa shape index (κ3) is 3.42. The summed E-state index contributed by atoms with van der Waals surface area (Å²) in [5.74, 6) is 0. The maximum Gasteiger partial charge on any atom is 0.262 e. The molecular weight excluding hydrogens is 306 g/mol. The summed E-state index contributed by atoms with van der Waals surface area (Å²) >= 11 is 8.88. The van der Waals surface area contributed by atoms with Gasteiger partial charge in [0.05, 0.1) is 16.5 Å². The molecule has 0 saturated heterocycles. The summed E-state index contributed by atoms with van der Waals surface area (Å²) in [5, 5.41) is 0.449. The molecule has 0 aliphatic rings. The molecule has 0 radical (unpaired) electrons. The zero-order valence-electron chi connectivity index (χ0n) is 7.83. The first kappa shape index (κ1) is 12.9. The van der Waals surface area contributed by atoms with Crippen LogP contribution in [0.25, 0.3) is 0 Å². The highest BCUT2D eigenvalue weighted by molar-refractivity contribution is 9.10. The fourth-order valence-electron chi connectivity index (χ4n) is 0.829. The molecule has 1 N–H and O–H groups in total. The molecule has 7 heteroatoms. The third-order valence-electron chi connectivity index (χ3n) is 1.51. The lowest BCUT2D eigenvalue weighted by molar-refractivity contribution is 0.105. The normalized spacial score (nSPS) is 11.7. The lowest BCUT2D eigenvalue weighted by Gasteiger charge is -2.06. The van der Waals surface area contributed by atoms with Gasteiger partial charge in [0.2, 0.25) is 0 Å². The number of rotatable bonds is 4. The molecule has 15 heavy (non-hydrogen) atoms. The van der Waals surface area contributed by atoms with Gasteiger partial charge >= 0.3 is 0 Å². The van der Waals surface area contributed by atoms with Gasteiger partial charge in [-0.1, -0.05) is 16.5 Å². The fourth-order valence-corrected chi connectivity index (χ4v) is 2.37. The molecule has 0 saturated carbocycles. The summed E-state index contributed by atoms with van der Waals surface area (Å²) in [6.07, 6.45) is 0. The van der Waals surface area contributed by atoms with Crippen LogP contribution in [0.2, 0.25) is 5.02 Å². The molecule has 0 bridgehead atoms. The van der Waals surface area contributed by atoms with E-state index in [4.69, 9.17) is 11.6 Å². The van der Waals surface area contributed by atoms with E-state index in [1.165, 1.54) is 18.2 Å². The SMILES string of the molecule is CCONS(=O)(=O)c1ccc(Cl)c(Br)c1. The van der Waals surface area contributed by atoms with Crippen molar-refractivity contribution >= 4 is 37.6 Å². The van der Waals surface area contributed by atoms with Crippen LogP contribution >= 0.6 is 27.5 Å². The quantitative estimate of drug-likeness (QED) is 0.868. The zero-order valence-corrected chi connectivity index (χ0v) is 11.0. The number of sulfonamides is 1. The van der Waals surface area contributed by atoms with Crippen LogP contribution < -0.4 is 4.89 Å². The van der Waals surface area contributed by atoms with Crippen LogP contribution in [0.1, 0.15) is 6.92 Å². The van der Waals surface area contributed by atoms with E-state index in [0.29, 0.717) is 9.50 Å². The second-order valence-electron chi connectivity index (χ2n) is 2.60. The molecule has 0 aromatic heterocycles. The Morgan fingerprint density at radius 3 is 2.73 bits per heavy atom. The Bertz CT molecular complexity index is 449. The van der Waals surface area contributed by atoms with Crippen molar-refractivity contribution in [3.05, 3.63) is 27.7 Å². The van der Waals surface area contributed by atoms with Crippen LogP contribution in [-0.2, 0) is 14.9 Å². The average Bonchev–Trinajstić information content (AvgIpc) is 2.19. The summed E-state index contributed by atoms with van der Waals surface area (Å²) < 4.78 is 23.6. The summed E-state index contributed by atoms with van der Waals surface area (Å²) in [6, 6.07) is 4.30. The van der Waals surface area contributed by atoms with Crippen LogP contribution in [0.5, 0.6) is 0 Å². The zero-order chi connectivity index (χ0) is 11.5. The van der Waals surface area contributed by atoms with E-state index in [0.717, 1.165) is 0 Å². The van der Waals surface area contributed by atoms with Gasteiger partial charge in [0, 0.05) is 4.47 Å². The van der Waals surface area contributed by atoms with Gasteiger partial charge < -0.3 is 0 Å². The molecule has 0 fully saturated rings. The highest BCUT2D eigenvalue weighted by atomic mass is 79.9. The molecule has 0 unspecified atom stereocenters. The first-order valence-corrected chi connectivity index (χ1v) is 6.71. The van der Waals surface area contributed by atoms with Crippen molar-refractivity contribution in [3.63, 3.8) is 0 Å². The summed E-state index contributed by atoms with van der Waals surface area (Å²) in [7, 11) is -3.62. The Morgan fingerprint density at radius 1 is 1.53 bits per heavy atom. The predicted molar refractivity (Wildman–Crippen MR) is 61.1 cm³/mol. The molecule has 0 aliphatic carbocycles. The molecule has 0 aliphatic heterocycles. The second kappa shape index (κ2) is 5.27. The van der Waals surface area contributed by atoms with Gasteiger partial charge in [-0.3, -0.25) is 4.84 Å². The molecule has 0 atom stereocenters. The van der Waals surface area contributed by atoms with E-state index in [-0.39, 0.29) is 11.5 Å². The maximum absolute atomic E-state index is 11.6. The molecular formula is C8H9BrClNO3S. The topological polar surface area (TPSA) is 55.4 Å². The Kier molecular flexibility index (Phi) is 4.54. The van der Waals surface area contributed by atoms with E-state index in [1.54, 1.807) is 6.92 Å². The van der Waals surface area contributed by atoms with E-state index in [9.17, 15) is 8.42 Å². The highest BCUT2D eigenvalue weighted by Gasteiger charge is 2.14. The molecule has 1 aromatic rings. The van der Waals surface area contributed by atoms with Crippen LogP contribution in [0.3, 0.4) is 0 Å². The lowest BCUT2D eigenvalue weighted by Crippen LogP contribution is -2.23. The number of halogens is 2. The molecule has 1 aromatic carbocycles. The van der Waals surface area contributed by atoms with Crippen molar-refractivity contribution in [2.75, 3.05) is 6.61 Å². The van der Waals surface area contributed by atoms with Crippen molar-refractivity contribution in [3.8, 4) is 0 Å². The van der Waals surface area contributed by atoms with E-state index in [1.807, 2.05) is 4.89 Å². The van der Waals surface area contributed by atoms with Gasteiger partial charge in [-0.15, -0.1) is 0 Å². The lowest BCUT2D eigenvalue weighted by atomic mass is 10.4. The van der Waals surface area contributed by atoms with Gasteiger partial charge in [0.15, 0.2) is 0 Å². The molecule has 1 rings (SSSR count). The standard InChI is InChI=1S/C8H9BrClNO3S/c1-2-14-11-15(12,13)6-3-4-8(10)7(9)5-6/h3-5,11H,2H2,1H3. The van der Waals surface area contributed by atoms with Crippen LogP contribution in [-0.4, -0.2) is 15.0 Å². The molecule has 0 heterocycles. The van der Waals surface area contributed by atoms with Gasteiger partial charge in [-0.25, -0.2) is 8.42 Å². The first-order chi connectivity index (χ1) is 6.97. The molecule has 4 nitrogen and oxygen atoms in total. The van der Waals surface area contributed by atoms with Crippen LogP contribution in [0.15, 0.2) is 27.6 Å².